The predicted molar refractivity (Wildman–Crippen MR) is 106 cm³/mol. The summed E-state index contributed by atoms with van der Waals surface area (Å²) < 4.78 is 5.23. The first-order valence-corrected chi connectivity index (χ1v) is 8.87. The van der Waals surface area contributed by atoms with Crippen LogP contribution in [0.4, 0.5) is 5.69 Å². The van der Waals surface area contributed by atoms with Crippen LogP contribution >= 0.6 is 0 Å². The van der Waals surface area contributed by atoms with Gasteiger partial charge in [-0.1, -0.05) is 67.6 Å². The number of benzene rings is 3. The van der Waals surface area contributed by atoms with E-state index in [2.05, 4.69) is 24.4 Å². The van der Waals surface area contributed by atoms with E-state index in [9.17, 15) is 5.11 Å². The van der Waals surface area contributed by atoms with Crippen molar-refractivity contribution in [3.8, 4) is 5.75 Å². The molecule has 26 heavy (non-hydrogen) atoms. The van der Waals surface area contributed by atoms with Gasteiger partial charge in [-0.05, 0) is 35.4 Å². The zero-order chi connectivity index (χ0) is 18.4. The van der Waals surface area contributed by atoms with Gasteiger partial charge in [-0.2, -0.15) is 0 Å². The summed E-state index contributed by atoms with van der Waals surface area (Å²) in [6, 6.07) is 27.9. The lowest BCUT2D eigenvalue weighted by atomic mass is 9.86. The Morgan fingerprint density at radius 2 is 1.31 bits per heavy atom. The molecule has 134 valence electrons. The Morgan fingerprint density at radius 1 is 0.769 bits per heavy atom. The van der Waals surface area contributed by atoms with E-state index in [0.29, 0.717) is 0 Å². The number of hydrogen-bond donors (Lipinski definition) is 2. The van der Waals surface area contributed by atoms with Gasteiger partial charge in [0.25, 0.3) is 0 Å². The summed E-state index contributed by atoms with van der Waals surface area (Å²) in [6.45, 7) is 2.08. The lowest BCUT2D eigenvalue weighted by Crippen LogP contribution is -2.24. The van der Waals surface area contributed by atoms with Crippen LogP contribution < -0.4 is 10.1 Å². The number of anilines is 1. The summed E-state index contributed by atoms with van der Waals surface area (Å²) in [4.78, 5) is 0. The fraction of sp³-hybridized carbons (Fsp3) is 0.217. The molecule has 0 bridgehead atoms. The van der Waals surface area contributed by atoms with Crippen LogP contribution in [0.3, 0.4) is 0 Å². The Bertz CT molecular complexity index is 787. The third kappa shape index (κ3) is 4.24. The van der Waals surface area contributed by atoms with Gasteiger partial charge in [-0.15, -0.1) is 0 Å². The summed E-state index contributed by atoms with van der Waals surface area (Å²) in [6.07, 6.45) is -0.563. The highest BCUT2D eigenvalue weighted by molar-refractivity contribution is 5.48. The molecule has 0 aromatic heterocycles. The minimum absolute atomic E-state index is 0.0260. The van der Waals surface area contributed by atoms with Crippen LogP contribution in [0.1, 0.15) is 30.2 Å². The van der Waals surface area contributed by atoms with Crippen molar-refractivity contribution < 1.29 is 9.84 Å². The van der Waals surface area contributed by atoms with E-state index < -0.39 is 6.10 Å². The van der Waals surface area contributed by atoms with Gasteiger partial charge in [0.2, 0.25) is 0 Å². The quantitative estimate of drug-likeness (QED) is 0.616. The highest BCUT2D eigenvalue weighted by atomic mass is 16.5. The lowest BCUT2D eigenvalue weighted by molar-refractivity contribution is 0.106. The average Bonchev–Trinajstić information content (AvgIpc) is 2.72. The number of ether oxygens (including phenoxy) is 1. The summed E-state index contributed by atoms with van der Waals surface area (Å²) in [7, 11) is 1.66. The van der Waals surface area contributed by atoms with Crippen molar-refractivity contribution in [3.63, 3.8) is 0 Å². The fourth-order valence-corrected chi connectivity index (χ4v) is 3.18. The molecule has 0 aliphatic rings. The Balaban J connectivity index is 1.87. The minimum Gasteiger partial charge on any atom is -0.497 e. The van der Waals surface area contributed by atoms with Gasteiger partial charge in [-0.3, -0.25) is 0 Å². The Labute approximate surface area is 155 Å². The molecule has 3 aromatic carbocycles. The standard InChI is InChI=1S/C23H25NO2/c1-17(23(25)19-11-7-4-8-12-19)22(18-9-5-3-6-10-18)24-20-13-15-21(26-2)16-14-20/h3-17,22-25H,1-2H3/t17-,22-,23+/m0/s1. The van der Waals surface area contributed by atoms with Crippen molar-refractivity contribution >= 4 is 5.69 Å². The average molecular weight is 347 g/mol. The number of nitrogens with one attached hydrogen (secondary N) is 1. The van der Waals surface area contributed by atoms with Gasteiger partial charge < -0.3 is 15.2 Å². The van der Waals surface area contributed by atoms with E-state index in [4.69, 9.17) is 4.74 Å². The van der Waals surface area contributed by atoms with E-state index in [1.807, 2.05) is 72.8 Å². The zero-order valence-corrected chi connectivity index (χ0v) is 15.2. The second-order valence-corrected chi connectivity index (χ2v) is 6.48. The molecule has 3 heteroatoms. The van der Waals surface area contributed by atoms with E-state index in [0.717, 1.165) is 22.6 Å². The molecule has 3 rings (SSSR count). The number of methoxy groups -OCH3 is 1. The minimum atomic E-state index is -0.563. The smallest absolute Gasteiger partial charge is 0.119 e. The van der Waals surface area contributed by atoms with Gasteiger partial charge >= 0.3 is 0 Å². The van der Waals surface area contributed by atoms with Crippen molar-refractivity contribution in [3.05, 3.63) is 96.1 Å². The molecule has 0 saturated heterocycles. The van der Waals surface area contributed by atoms with Crippen LogP contribution in [0.25, 0.3) is 0 Å². The Kier molecular flexibility index (Phi) is 5.92. The number of aliphatic hydroxyl groups is 1. The molecule has 0 radical (unpaired) electrons. The first-order chi connectivity index (χ1) is 12.7. The highest BCUT2D eigenvalue weighted by Crippen LogP contribution is 2.35. The van der Waals surface area contributed by atoms with E-state index in [1.165, 1.54) is 0 Å². The van der Waals surface area contributed by atoms with Crippen molar-refractivity contribution in [2.24, 2.45) is 5.92 Å². The summed E-state index contributed by atoms with van der Waals surface area (Å²) in [5.41, 5.74) is 3.06. The molecule has 0 saturated carbocycles. The molecule has 0 amide bonds. The highest BCUT2D eigenvalue weighted by Gasteiger charge is 2.26. The van der Waals surface area contributed by atoms with Gasteiger partial charge in [-0.25, -0.2) is 0 Å². The summed E-state index contributed by atoms with van der Waals surface area (Å²) >= 11 is 0. The second kappa shape index (κ2) is 8.54. The number of hydrogen-bond acceptors (Lipinski definition) is 3. The summed E-state index contributed by atoms with van der Waals surface area (Å²) in [5, 5.41) is 14.5. The molecule has 2 N–H and O–H groups in total. The Morgan fingerprint density at radius 3 is 1.85 bits per heavy atom. The second-order valence-electron chi connectivity index (χ2n) is 6.48. The van der Waals surface area contributed by atoms with Crippen LogP contribution in [0.2, 0.25) is 0 Å². The van der Waals surface area contributed by atoms with Gasteiger partial charge in [0, 0.05) is 11.6 Å². The van der Waals surface area contributed by atoms with E-state index in [-0.39, 0.29) is 12.0 Å². The van der Waals surface area contributed by atoms with Crippen LogP contribution in [0.5, 0.6) is 5.75 Å². The molecule has 0 unspecified atom stereocenters. The third-order valence-electron chi connectivity index (χ3n) is 4.74. The number of rotatable bonds is 7. The molecule has 0 aliphatic heterocycles. The monoisotopic (exact) mass is 347 g/mol. The molecule has 0 spiro atoms. The van der Waals surface area contributed by atoms with Crippen LogP contribution in [0.15, 0.2) is 84.9 Å². The molecule has 0 heterocycles. The maximum atomic E-state index is 10.9. The molecule has 3 nitrogen and oxygen atoms in total. The molecule has 0 fully saturated rings. The van der Waals surface area contributed by atoms with Gasteiger partial charge in [0.05, 0.1) is 19.3 Å². The van der Waals surface area contributed by atoms with Crippen LogP contribution in [-0.4, -0.2) is 12.2 Å². The van der Waals surface area contributed by atoms with Crippen molar-refractivity contribution in [1.29, 1.82) is 0 Å². The molecular weight excluding hydrogens is 322 g/mol. The van der Waals surface area contributed by atoms with Crippen LogP contribution in [-0.2, 0) is 0 Å². The van der Waals surface area contributed by atoms with Crippen molar-refractivity contribution in [2.75, 3.05) is 12.4 Å². The molecule has 3 aromatic rings. The molecule has 3 atom stereocenters. The molecule has 0 aliphatic carbocycles. The first kappa shape index (κ1) is 18.0. The van der Waals surface area contributed by atoms with E-state index in [1.54, 1.807) is 7.11 Å². The van der Waals surface area contributed by atoms with E-state index >= 15 is 0 Å². The predicted octanol–water partition coefficient (Wildman–Crippen LogP) is 5.22. The van der Waals surface area contributed by atoms with Gasteiger partial charge in [0.1, 0.15) is 5.75 Å². The maximum Gasteiger partial charge on any atom is 0.119 e. The molecular formula is C23H25NO2. The largest absolute Gasteiger partial charge is 0.497 e. The summed E-state index contributed by atoms with van der Waals surface area (Å²) in [5.74, 6) is 0.797. The lowest BCUT2D eigenvalue weighted by Gasteiger charge is -2.30. The zero-order valence-electron chi connectivity index (χ0n) is 15.2. The third-order valence-corrected chi connectivity index (χ3v) is 4.74. The maximum absolute atomic E-state index is 10.9. The topological polar surface area (TPSA) is 41.5 Å². The van der Waals surface area contributed by atoms with Crippen molar-refractivity contribution in [1.82, 2.24) is 0 Å². The van der Waals surface area contributed by atoms with Gasteiger partial charge in [0.15, 0.2) is 0 Å². The van der Waals surface area contributed by atoms with Crippen LogP contribution in [0, 0.1) is 5.92 Å². The van der Waals surface area contributed by atoms with Crippen molar-refractivity contribution in [2.45, 2.75) is 19.1 Å². The number of aliphatic hydroxyl groups excluding tert-OH is 1. The Hall–Kier alpha value is -2.78. The fourth-order valence-electron chi connectivity index (χ4n) is 3.18. The first-order valence-electron chi connectivity index (χ1n) is 8.87. The normalized spacial score (nSPS) is 14.3. The SMILES string of the molecule is COc1ccc(N[C@H](c2ccccc2)[C@H](C)[C@@H](O)c2ccccc2)cc1.